The van der Waals surface area contributed by atoms with Crippen LogP contribution in [0.1, 0.15) is 33.3 Å². The Kier molecular flexibility index (Phi) is 7.95. The number of ether oxygens (including phenoxy) is 1. The van der Waals surface area contributed by atoms with E-state index in [1.165, 1.54) is 9.13 Å². The molecule has 0 saturated carbocycles. The van der Waals surface area contributed by atoms with E-state index in [0.29, 0.717) is 12.0 Å². The average Bonchev–Trinajstić information content (AvgIpc) is 2.38. The SMILES string of the molecule is CCNC(Cc1ccc(I)cc1)C(OCC)C(C)C. The topological polar surface area (TPSA) is 21.3 Å². The standard InChI is InChI=1S/C16H26INO/c1-5-18-15(16(12(3)4)19-6-2)11-13-7-9-14(17)10-8-13/h7-10,12,15-16,18H,5-6,11H2,1-4H3. The third-order valence-electron chi connectivity index (χ3n) is 3.25. The first-order valence-electron chi connectivity index (χ1n) is 7.17. The Morgan fingerprint density at radius 1 is 1.16 bits per heavy atom. The molecule has 2 atom stereocenters. The molecule has 1 N–H and O–H groups in total. The third kappa shape index (κ3) is 5.79. The Hall–Kier alpha value is -0.130. The van der Waals surface area contributed by atoms with Gasteiger partial charge in [0, 0.05) is 16.2 Å². The molecule has 3 heteroatoms. The lowest BCUT2D eigenvalue weighted by atomic mass is 9.94. The van der Waals surface area contributed by atoms with Crippen molar-refractivity contribution < 1.29 is 4.74 Å². The fourth-order valence-electron chi connectivity index (χ4n) is 2.41. The van der Waals surface area contributed by atoms with Crippen LogP contribution in [0, 0.1) is 9.49 Å². The molecule has 0 heterocycles. The minimum atomic E-state index is 0.268. The minimum Gasteiger partial charge on any atom is -0.377 e. The normalized spacial score (nSPS) is 14.6. The smallest absolute Gasteiger partial charge is 0.0753 e. The van der Waals surface area contributed by atoms with E-state index in [-0.39, 0.29) is 6.10 Å². The molecule has 0 radical (unpaired) electrons. The zero-order chi connectivity index (χ0) is 14.3. The van der Waals surface area contributed by atoms with E-state index in [1.807, 2.05) is 0 Å². The maximum atomic E-state index is 5.95. The summed E-state index contributed by atoms with van der Waals surface area (Å²) in [6.45, 7) is 10.5. The van der Waals surface area contributed by atoms with E-state index >= 15 is 0 Å². The molecule has 0 aliphatic heterocycles. The number of halogens is 1. The zero-order valence-electron chi connectivity index (χ0n) is 12.4. The zero-order valence-corrected chi connectivity index (χ0v) is 14.6. The summed E-state index contributed by atoms with van der Waals surface area (Å²) in [4.78, 5) is 0. The van der Waals surface area contributed by atoms with Gasteiger partial charge in [-0.25, -0.2) is 0 Å². The number of nitrogens with one attached hydrogen (secondary N) is 1. The van der Waals surface area contributed by atoms with Crippen LogP contribution in [0.3, 0.4) is 0 Å². The predicted molar refractivity (Wildman–Crippen MR) is 90.6 cm³/mol. The van der Waals surface area contributed by atoms with Crippen LogP contribution < -0.4 is 5.32 Å². The molecule has 1 aromatic carbocycles. The second-order valence-electron chi connectivity index (χ2n) is 5.16. The molecule has 1 rings (SSSR count). The van der Waals surface area contributed by atoms with Gasteiger partial charge < -0.3 is 10.1 Å². The summed E-state index contributed by atoms with van der Waals surface area (Å²) in [7, 11) is 0. The molecule has 0 bridgehead atoms. The Morgan fingerprint density at radius 3 is 2.26 bits per heavy atom. The highest BCUT2D eigenvalue weighted by molar-refractivity contribution is 14.1. The van der Waals surface area contributed by atoms with Crippen molar-refractivity contribution in [1.29, 1.82) is 0 Å². The average molecular weight is 375 g/mol. The first-order valence-corrected chi connectivity index (χ1v) is 8.25. The minimum absolute atomic E-state index is 0.268. The van der Waals surface area contributed by atoms with Crippen LogP contribution in [0.25, 0.3) is 0 Å². The maximum absolute atomic E-state index is 5.95. The number of hydrogen-bond acceptors (Lipinski definition) is 2. The van der Waals surface area contributed by atoms with Crippen molar-refractivity contribution in [3.8, 4) is 0 Å². The molecule has 0 spiro atoms. The summed E-state index contributed by atoms with van der Waals surface area (Å²) in [5.41, 5.74) is 1.37. The van der Waals surface area contributed by atoms with E-state index in [9.17, 15) is 0 Å². The summed E-state index contributed by atoms with van der Waals surface area (Å²) < 4.78 is 7.23. The van der Waals surface area contributed by atoms with Crippen molar-refractivity contribution in [3.05, 3.63) is 33.4 Å². The van der Waals surface area contributed by atoms with Gasteiger partial charge in [0.15, 0.2) is 0 Å². The van der Waals surface area contributed by atoms with Crippen molar-refractivity contribution in [2.24, 2.45) is 5.92 Å². The molecular weight excluding hydrogens is 349 g/mol. The van der Waals surface area contributed by atoms with Crippen LogP contribution in [0.2, 0.25) is 0 Å². The van der Waals surface area contributed by atoms with Gasteiger partial charge in [0.25, 0.3) is 0 Å². The van der Waals surface area contributed by atoms with Crippen LogP contribution in [-0.2, 0) is 11.2 Å². The summed E-state index contributed by atoms with van der Waals surface area (Å²) >= 11 is 2.34. The van der Waals surface area contributed by atoms with Crippen molar-refractivity contribution in [2.75, 3.05) is 13.2 Å². The van der Waals surface area contributed by atoms with Crippen molar-refractivity contribution in [3.63, 3.8) is 0 Å². The molecule has 0 aliphatic rings. The first kappa shape index (κ1) is 16.9. The van der Waals surface area contributed by atoms with Gasteiger partial charge in [-0.05, 0) is 66.1 Å². The van der Waals surface area contributed by atoms with E-state index in [0.717, 1.165) is 19.6 Å². The quantitative estimate of drug-likeness (QED) is 0.697. The lowest BCUT2D eigenvalue weighted by Crippen LogP contribution is -2.45. The van der Waals surface area contributed by atoms with Crippen molar-refractivity contribution in [1.82, 2.24) is 5.32 Å². The molecule has 2 nitrogen and oxygen atoms in total. The highest BCUT2D eigenvalue weighted by Gasteiger charge is 2.24. The number of rotatable bonds is 8. The van der Waals surface area contributed by atoms with Crippen molar-refractivity contribution >= 4 is 22.6 Å². The Bertz CT molecular complexity index is 350. The van der Waals surface area contributed by atoms with E-state index in [1.54, 1.807) is 0 Å². The highest BCUT2D eigenvalue weighted by Crippen LogP contribution is 2.16. The predicted octanol–water partition coefficient (Wildman–Crippen LogP) is 3.87. The van der Waals surface area contributed by atoms with Crippen LogP contribution in [-0.4, -0.2) is 25.3 Å². The summed E-state index contributed by atoms with van der Waals surface area (Å²) in [5, 5.41) is 3.59. The third-order valence-corrected chi connectivity index (χ3v) is 3.97. The molecule has 0 aliphatic carbocycles. The van der Waals surface area contributed by atoms with Gasteiger partial charge in [-0.2, -0.15) is 0 Å². The van der Waals surface area contributed by atoms with E-state index in [2.05, 4.69) is 79.9 Å². The van der Waals surface area contributed by atoms with E-state index in [4.69, 9.17) is 4.74 Å². The summed E-state index contributed by atoms with van der Waals surface area (Å²) in [6, 6.07) is 9.16. The molecule has 0 fully saturated rings. The van der Waals surface area contributed by atoms with Gasteiger partial charge in [-0.3, -0.25) is 0 Å². The number of hydrogen-bond donors (Lipinski definition) is 1. The summed E-state index contributed by atoms with van der Waals surface area (Å²) in [5.74, 6) is 0.521. The second-order valence-corrected chi connectivity index (χ2v) is 6.40. The first-order chi connectivity index (χ1) is 9.08. The molecule has 0 aromatic heterocycles. The highest BCUT2D eigenvalue weighted by atomic mass is 127. The molecule has 1 aromatic rings. The largest absolute Gasteiger partial charge is 0.377 e. The number of benzene rings is 1. The molecule has 19 heavy (non-hydrogen) atoms. The van der Waals surface area contributed by atoms with Crippen molar-refractivity contribution in [2.45, 2.75) is 46.3 Å². The molecule has 2 unspecified atom stereocenters. The van der Waals surface area contributed by atoms with Gasteiger partial charge in [0.1, 0.15) is 0 Å². The molecule has 0 saturated heterocycles. The van der Waals surface area contributed by atoms with Crippen LogP contribution >= 0.6 is 22.6 Å². The van der Waals surface area contributed by atoms with Gasteiger partial charge in [-0.1, -0.05) is 32.9 Å². The Balaban J connectivity index is 2.77. The molecular formula is C16H26INO. The summed E-state index contributed by atoms with van der Waals surface area (Å²) in [6.07, 6.45) is 1.29. The van der Waals surface area contributed by atoms with Gasteiger partial charge in [0.05, 0.1) is 6.10 Å². The second kappa shape index (κ2) is 8.93. The fraction of sp³-hybridized carbons (Fsp3) is 0.625. The van der Waals surface area contributed by atoms with Gasteiger partial charge >= 0.3 is 0 Å². The van der Waals surface area contributed by atoms with Gasteiger partial charge in [-0.15, -0.1) is 0 Å². The van der Waals surface area contributed by atoms with Gasteiger partial charge in [0.2, 0.25) is 0 Å². The Labute approximate surface area is 131 Å². The van der Waals surface area contributed by atoms with Crippen LogP contribution in [0.15, 0.2) is 24.3 Å². The lowest BCUT2D eigenvalue weighted by molar-refractivity contribution is 0.00395. The monoisotopic (exact) mass is 375 g/mol. The Morgan fingerprint density at radius 2 is 1.79 bits per heavy atom. The lowest BCUT2D eigenvalue weighted by Gasteiger charge is -2.31. The fourth-order valence-corrected chi connectivity index (χ4v) is 2.77. The molecule has 0 amide bonds. The number of likely N-dealkylation sites (N-methyl/N-ethyl adjacent to an activating group) is 1. The molecule has 108 valence electrons. The van der Waals surface area contributed by atoms with E-state index < -0.39 is 0 Å². The van der Waals surface area contributed by atoms with Crippen LogP contribution in [0.4, 0.5) is 0 Å². The van der Waals surface area contributed by atoms with Crippen LogP contribution in [0.5, 0.6) is 0 Å². The maximum Gasteiger partial charge on any atom is 0.0753 e.